The molecule has 0 amide bonds. The quantitative estimate of drug-likeness (QED) is 0.137. The van der Waals surface area contributed by atoms with Gasteiger partial charge in [-0.3, -0.25) is 15.0 Å². The number of aliphatic carboxylic acids is 3. The fourth-order valence-electron chi connectivity index (χ4n) is 3.36. The van der Waals surface area contributed by atoms with Crippen molar-refractivity contribution in [1.82, 2.24) is 47.8 Å². The van der Waals surface area contributed by atoms with Gasteiger partial charge in [0.05, 0.1) is 35.0 Å². The maximum Gasteiger partial charge on any atom is 3.00 e. The second-order valence-electron chi connectivity index (χ2n) is 7.95. The molecule has 0 saturated heterocycles. The minimum Gasteiger partial charge on any atom is -0.545 e. The van der Waals surface area contributed by atoms with E-state index in [9.17, 15) is 29.7 Å². The normalized spacial score (nSPS) is 24.0. The molecule has 0 radical (unpaired) electrons. The van der Waals surface area contributed by atoms with Crippen LogP contribution < -0.4 is 48.2 Å². The number of hydrogen-bond donors (Lipinski definition) is 6. The van der Waals surface area contributed by atoms with Crippen molar-refractivity contribution in [2.24, 2.45) is 31.0 Å². The summed E-state index contributed by atoms with van der Waals surface area (Å²) < 4.78 is 0. The van der Waals surface area contributed by atoms with Gasteiger partial charge in [0.2, 0.25) is 17.0 Å². The molecule has 3 atom stereocenters. The summed E-state index contributed by atoms with van der Waals surface area (Å²) in [6.07, 6.45) is 4.40. The third kappa shape index (κ3) is 6.58. The van der Waals surface area contributed by atoms with Crippen molar-refractivity contribution in [3.63, 3.8) is 0 Å². The minimum absolute atomic E-state index is 0. The van der Waals surface area contributed by atoms with E-state index < -0.39 is 34.9 Å². The molecule has 222 valence electrons. The number of carboxylic acids is 3. The van der Waals surface area contributed by atoms with Crippen molar-refractivity contribution in [2.75, 3.05) is 0 Å². The molecule has 6 heterocycles. The summed E-state index contributed by atoms with van der Waals surface area (Å²) in [5.74, 6) is -4.24. The van der Waals surface area contributed by atoms with Crippen LogP contribution >= 0.6 is 0 Å². The minimum atomic E-state index is -1.72. The van der Waals surface area contributed by atoms with Crippen LogP contribution in [-0.2, 0) is 51.5 Å². The Hall–Kier alpha value is -5.41. The number of nitrogens with one attached hydrogen (secondary N) is 6. The van der Waals surface area contributed by atoms with Crippen LogP contribution in [0.15, 0.2) is 104 Å². The molecule has 0 bridgehead atoms. The molecule has 22 heteroatoms. The molecule has 6 rings (SSSR count). The van der Waals surface area contributed by atoms with E-state index in [4.69, 9.17) is 0 Å². The van der Waals surface area contributed by atoms with E-state index in [2.05, 4.69) is 78.8 Å². The van der Waals surface area contributed by atoms with Crippen LogP contribution in [0.3, 0.4) is 0 Å². The van der Waals surface area contributed by atoms with Gasteiger partial charge in [-0.15, -0.1) is 15.3 Å². The molecule has 0 aromatic carbocycles. The topological polar surface area (TPSA) is 305 Å². The van der Waals surface area contributed by atoms with Crippen molar-refractivity contribution in [3.8, 4) is 0 Å². The zero-order valence-corrected chi connectivity index (χ0v) is 23.6. The molecule has 21 nitrogen and oxygen atoms in total. The molecule has 3 aliphatic rings. The van der Waals surface area contributed by atoms with Crippen LogP contribution in [0.25, 0.3) is 0 Å². The summed E-state index contributed by atoms with van der Waals surface area (Å²) in [6, 6.07) is 14.6. The Labute approximate surface area is 253 Å². The van der Waals surface area contributed by atoms with Gasteiger partial charge in [0.25, 0.3) is 0 Å². The first kappa shape index (κ1) is 32.1. The molecule has 0 saturated carbocycles. The van der Waals surface area contributed by atoms with E-state index in [0.29, 0.717) is 0 Å². The van der Waals surface area contributed by atoms with Crippen LogP contribution in [0.5, 0.6) is 0 Å². The monoisotopic (exact) mass is 769 g/mol. The van der Waals surface area contributed by atoms with Crippen LogP contribution in [0.2, 0.25) is 0 Å². The van der Waals surface area contributed by atoms with E-state index >= 15 is 0 Å². The summed E-state index contributed by atoms with van der Waals surface area (Å²) in [4.78, 5) is 44.4. The number of hydrogen-bond acceptors (Lipinski definition) is 21. The number of carboxylic acid groups (broad SMARTS) is 3. The van der Waals surface area contributed by atoms with Crippen molar-refractivity contribution >= 4 is 17.9 Å². The van der Waals surface area contributed by atoms with Gasteiger partial charge in [-0.25, -0.2) is 16.6 Å². The average molecular weight is 769 g/mol. The van der Waals surface area contributed by atoms with Gasteiger partial charge in [-0.05, 0) is 36.4 Å². The summed E-state index contributed by atoms with van der Waals surface area (Å²) in [5.41, 5.74) is 9.34. The van der Waals surface area contributed by atoms with Crippen molar-refractivity contribution in [2.45, 2.75) is 17.0 Å². The number of rotatable bonds is 6. The van der Waals surface area contributed by atoms with Gasteiger partial charge >= 0.3 is 20.1 Å². The molecular formula is C21H18IrN15O6. The second-order valence-corrected chi connectivity index (χ2v) is 7.95. The number of nitrogens with zero attached hydrogens (tertiary/aromatic N) is 9. The Morgan fingerprint density at radius 1 is 0.512 bits per heavy atom. The van der Waals surface area contributed by atoms with Gasteiger partial charge in [0, 0.05) is 18.6 Å². The molecule has 6 N–H and O–H groups in total. The Kier molecular flexibility index (Phi) is 10.4. The first-order chi connectivity index (χ1) is 20.3. The van der Waals surface area contributed by atoms with Gasteiger partial charge in [-0.2, -0.15) is 16.3 Å². The van der Waals surface area contributed by atoms with Gasteiger partial charge < -0.3 is 29.7 Å². The number of aromatic nitrogens is 3. The summed E-state index contributed by atoms with van der Waals surface area (Å²) >= 11 is 0. The first-order valence-corrected chi connectivity index (χ1v) is 11.5. The Morgan fingerprint density at radius 3 is 0.953 bits per heavy atom. The van der Waals surface area contributed by atoms with Gasteiger partial charge in [-0.1, -0.05) is 33.9 Å². The Bertz CT molecular complexity index is 1320. The van der Waals surface area contributed by atoms with E-state index in [1.54, 1.807) is 36.4 Å². The molecular weight excluding hydrogens is 751 g/mol. The van der Waals surface area contributed by atoms with Crippen LogP contribution in [-0.4, -0.2) is 32.9 Å². The predicted molar refractivity (Wildman–Crippen MR) is 126 cm³/mol. The fraction of sp³-hybridized carbons (Fsp3) is 0.143. The second kappa shape index (κ2) is 14.0. The Balaban J connectivity index is 0.000000175. The third-order valence-electron chi connectivity index (χ3n) is 5.45. The first-order valence-electron chi connectivity index (χ1n) is 11.5. The van der Waals surface area contributed by atoms with Crippen LogP contribution in [0.1, 0.15) is 17.1 Å². The van der Waals surface area contributed by atoms with E-state index in [1.807, 2.05) is 0 Å². The smallest absolute Gasteiger partial charge is 0.545 e. The molecule has 0 aliphatic carbocycles. The zero-order valence-electron chi connectivity index (χ0n) is 21.2. The molecule has 0 fully saturated rings. The predicted octanol–water partition coefficient (Wildman–Crippen LogP) is -4.62. The average Bonchev–Trinajstić information content (AvgIpc) is 3.81. The maximum absolute atomic E-state index is 10.9. The van der Waals surface area contributed by atoms with Crippen molar-refractivity contribution in [1.29, 1.82) is 0 Å². The van der Waals surface area contributed by atoms with E-state index in [-0.39, 0.29) is 37.2 Å². The van der Waals surface area contributed by atoms with Gasteiger partial charge in [0.15, 0.2) is 0 Å². The largest absolute Gasteiger partial charge is 3.00 e. The summed E-state index contributed by atoms with van der Waals surface area (Å²) in [6.45, 7) is 0. The van der Waals surface area contributed by atoms with Crippen LogP contribution in [0.4, 0.5) is 0 Å². The summed E-state index contributed by atoms with van der Waals surface area (Å²) in [5, 5.41) is 53.3. The number of pyridine rings is 3. The molecule has 3 aliphatic heterocycles. The molecule has 0 spiro atoms. The van der Waals surface area contributed by atoms with E-state index in [0.717, 1.165) is 0 Å². The molecule has 3 aromatic heterocycles. The SMILES string of the molecule is O=C([O-])C1(c2ccccn2)N=NNN1.O=C([O-])C1(c2ccccn2)N=NNN1.O=C([O-])C1(c2ccccn2)N=NNN1.[Ir+3]. The molecule has 3 aromatic rings. The van der Waals surface area contributed by atoms with Crippen LogP contribution in [0, 0.1) is 0 Å². The number of hydrazine groups is 3. The number of carbonyl (C=O) groups is 3. The standard InChI is InChI=1S/3C7H7N5O2.Ir/c3*13-6(14)7(9-11-12-10-7)5-3-1-2-4-8-5;/h3*1-4H,(H,9,12)(H,10,11)(H,13,14);/q;;;+3/p-3. The van der Waals surface area contributed by atoms with E-state index in [1.165, 1.54) is 36.8 Å². The summed E-state index contributed by atoms with van der Waals surface area (Å²) in [7, 11) is 0. The Morgan fingerprint density at radius 2 is 0.791 bits per heavy atom. The van der Waals surface area contributed by atoms with Crippen molar-refractivity contribution in [3.05, 3.63) is 90.3 Å². The third-order valence-corrected chi connectivity index (χ3v) is 5.45. The zero-order chi connectivity index (χ0) is 30.1. The molecule has 43 heavy (non-hydrogen) atoms. The van der Waals surface area contributed by atoms with Gasteiger partial charge in [0.1, 0.15) is 0 Å². The van der Waals surface area contributed by atoms with Crippen molar-refractivity contribution < 1.29 is 49.8 Å². The molecule has 3 unspecified atom stereocenters. The maximum atomic E-state index is 10.9. The number of carbonyl (C=O) groups excluding carboxylic acids is 3. The fourth-order valence-corrected chi connectivity index (χ4v) is 3.36.